The summed E-state index contributed by atoms with van der Waals surface area (Å²) in [5.74, 6) is 0. The average Bonchev–Trinajstić information content (AvgIpc) is 2.26. The molecule has 0 amide bonds. The summed E-state index contributed by atoms with van der Waals surface area (Å²) in [5.41, 5.74) is 0. The van der Waals surface area contributed by atoms with Gasteiger partial charge in [0.25, 0.3) is 0 Å². The molecule has 1 aliphatic carbocycles. The lowest BCUT2D eigenvalue weighted by atomic mass is 9.97. The summed E-state index contributed by atoms with van der Waals surface area (Å²) in [6.07, 6.45) is 10.2. The molecule has 1 rings (SSSR count). The Labute approximate surface area is 95.2 Å². The van der Waals surface area contributed by atoms with Crippen LogP contribution in [-0.4, -0.2) is 27.3 Å². The van der Waals surface area contributed by atoms with Crippen LogP contribution in [0.5, 0.6) is 0 Å². The van der Waals surface area contributed by atoms with E-state index in [4.69, 9.17) is 4.74 Å². The molecule has 0 heterocycles. The van der Waals surface area contributed by atoms with Crippen LogP contribution in [0.3, 0.4) is 0 Å². The fourth-order valence-corrected chi connectivity index (χ4v) is 3.71. The van der Waals surface area contributed by atoms with Gasteiger partial charge in [0, 0.05) is 16.1 Å². The molecule has 0 atom stereocenters. The molecule has 0 radical (unpaired) electrons. The summed E-state index contributed by atoms with van der Waals surface area (Å²) in [7, 11) is 0.253. The lowest BCUT2D eigenvalue weighted by Crippen LogP contribution is -2.31. The third-order valence-corrected chi connectivity index (χ3v) is 5.58. The van der Waals surface area contributed by atoms with E-state index in [0.717, 1.165) is 6.61 Å². The van der Waals surface area contributed by atoms with Gasteiger partial charge in [-0.05, 0) is 38.4 Å². The Balaban J connectivity index is 2.22. The standard InChI is InChI=1S/C11H24OSSi/c1-13-11(7-4-3-5-8-11)12-9-6-10-14-2/h3-10,14H2,1-2H3. The summed E-state index contributed by atoms with van der Waals surface area (Å²) in [6, 6.07) is 1.45. The SMILES string of the molecule is C[SiH2]CCCOC1(SC)CCCCC1. The van der Waals surface area contributed by atoms with E-state index in [0.29, 0.717) is 0 Å². The van der Waals surface area contributed by atoms with Gasteiger partial charge >= 0.3 is 0 Å². The van der Waals surface area contributed by atoms with E-state index in [9.17, 15) is 0 Å². The maximum absolute atomic E-state index is 6.11. The van der Waals surface area contributed by atoms with Gasteiger partial charge in [0.05, 0.1) is 0 Å². The Bertz CT molecular complexity index is 146. The zero-order valence-corrected chi connectivity index (χ0v) is 11.9. The highest BCUT2D eigenvalue weighted by Crippen LogP contribution is 2.39. The third-order valence-electron chi connectivity index (χ3n) is 3.10. The maximum Gasteiger partial charge on any atom is 0.113 e. The Morgan fingerprint density at radius 3 is 2.57 bits per heavy atom. The Morgan fingerprint density at radius 2 is 2.00 bits per heavy atom. The van der Waals surface area contributed by atoms with Crippen LogP contribution < -0.4 is 0 Å². The molecule has 84 valence electrons. The normalized spacial score (nSPS) is 21.9. The number of hydrogen-bond acceptors (Lipinski definition) is 2. The molecular formula is C11H24OSSi. The van der Waals surface area contributed by atoms with Crippen molar-refractivity contribution in [1.82, 2.24) is 0 Å². The van der Waals surface area contributed by atoms with Crippen molar-refractivity contribution >= 4 is 21.3 Å². The number of hydrogen-bond donors (Lipinski definition) is 0. The van der Waals surface area contributed by atoms with Crippen molar-refractivity contribution < 1.29 is 4.74 Å². The summed E-state index contributed by atoms with van der Waals surface area (Å²) < 4.78 is 6.11. The van der Waals surface area contributed by atoms with Gasteiger partial charge in [-0.3, -0.25) is 0 Å². The molecular weight excluding hydrogens is 208 g/mol. The van der Waals surface area contributed by atoms with Crippen LogP contribution in [0.2, 0.25) is 12.6 Å². The van der Waals surface area contributed by atoms with Crippen LogP contribution in [-0.2, 0) is 4.74 Å². The average molecular weight is 232 g/mol. The first kappa shape index (κ1) is 12.6. The minimum Gasteiger partial charge on any atom is -0.364 e. The van der Waals surface area contributed by atoms with E-state index >= 15 is 0 Å². The minimum atomic E-state index is 0.202. The Kier molecular flexibility index (Phi) is 6.22. The fraction of sp³-hybridized carbons (Fsp3) is 1.00. The van der Waals surface area contributed by atoms with Gasteiger partial charge in [-0.25, -0.2) is 0 Å². The number of ether oxygens (including phenoxy) is 1. The molecule has 1 saturated carbocycles. The Morgan fingerprint density at radius 1 is 1.29 bits per heavy atom. The van der Waals surface area contributed by atoms with E-state index in [-0.39, 0.29) is 14.5 Å². The lowest BCUT2D eigenvalue weighted by Gasteiger charge is -2.35. The van der Waals surface area contributed by atoms with Crippen LogP contribution in [0, 0.1) is 0 Å². The second-order valence-electron chi connectivity index (χ2n) is 4.23. The molecule has 0 unspecified atom stereocenters. The van der Waals surface area contributed by atoms with Crippen LogP contribution >= 0.6 is 11.8 Å². The molecule has 3 heteroatoms. The zero-order valence-electron chi connectivity index (χ0n) is 9.68. The highest BCUT2D eigenvalue weighted by atomic mass is 32.2. The van der Waals surface area contributed by atoms with Crippen LogP contribution in [0.4, 0.5) is 0 Å². The van der Waals surface area contributed by atoms with Crippen molar-refractivity contribution in [2.24, 2.45) is 0 Å². The van der Waals surface area contributed by atoms with Gasteiger partial charge in [0.2, 0.25) is 0 Å². The Hall–Kier alpha value is 0.527. The van der Waals surface area contributed by atoms with Crippen molar-refractivity contribution in [3.63, 3.8) is 0 Å². The molecule has 0 aromatic heterocycles. The first-order chi connectivity index (χ1) is 6.83. The molecule has 0 saturated heterocycles. The quantitative estimate of drug-likeness (QED) is 0.395. The molecule has 0 aromatic rings. The van der Waals surface area contributed by atoms with Crippen LogP contribution in [0.25, 0.3) is 0 Å². The molecule has 0 aliphatic heterocycles. The van der Waals surface area contributed by atoms with Crippen LogP contribution in [0.1, 0.15) is 38.5 Å². The minimum absolute atomic E-state index is 0.202. The maximum atomic E-state index is 6.11. The summed E-state index contributed by atoms with van der Waals surface area (Å²) in [4.78, 5) is 0.202. The highest BCUT2D eigenvalue weighted by molar-refractivity contribution is 7.99. The van der Waals surface area contributed by atoms with Crippen molar-refractivity contribution in [3.05, 3.63) is 0 Å². The molecule has 1 aliphatic rings. The highest BCUT2D eigenvalue weighted by Gasteiger charge is 2.31. The predicted octanol–water partition coefficient (Wildman–Crippen LogP) is 3.05. The van der Waals surface area contributed by atoms with Gasteiger partial charge in [0.15, 0.2) is 0 Å². The zero-order chi connectivity index (χ0) is 10.3. The van der Waals surface area contributed by atoms with E-state index in [1.807, 2.05) is 11.8 Å². The molecule has 1 nitrogen and oxygen atoms in total. The first-order valence-electron chi connectivity index (χ1n) is 6.02. The first-order valence-corrected chi connectivity index (χ1v) is 9.66. The fourth-order valence-electron chi connectivity index (χ4n) is 2.11. The molecule has 14 heavy (non-hydrogen) atoms. The second-order valence-corrected chi connectivity index (χ2v) is 7.09. The summed E-state index contributed by atoms with van der Waals surface area (Å²) in [6.45, 7) is 3.38. The van der Waals surface area contributed by atoms with Gasteiger partial charge < -0.3 is 4.74 Å². The van der Waals surface area contributed by atoms with Gasteiger partial charge in [0.1, 0.15) is 4.93 Å². The van der Waals surface area contributed by atoms with Gasteiger partial charge in [-0.1, -0.05) is 19.0 Å². The molecule has 0 spiro atoms. The van der Waals surface area contributed by atoms with E-state index < -0.39 is 0 Å². The topological polar surface area (TPSA) is 9.23 Å². The lowest BCUT2D eigenvalue weighted by molar-refractivity contribution is 0.00120. The smallest absolute Gasteiger partial charge is 0.113 e. The van der Waals surface area contributed by atoms with Crippen molar-refractivity contribution in [3.8, 4) is 0 Å². The summed E-state index contributed by atoms with van der Waals surface area (Å²) >= 11 is 1.94. The number of rotatable bonds is 6. The second kappa shape index (κ2) is 6.91. The monoisotopic (exact) mass is 232 g/mol. The van der Waals surface area contributed by atoms with E-state index in [1.165, 1.54) is 44.6 Å². The molecule has 0 aromatic carbocycles. The van der Waals surface area contributed by atoms with E-state index in [1.54, 1.807) is 0 Å². The molecule has 1 fully saturated rings. The van der Waals surface area contributed by atoms with Crippen molar-refractivity contribution in [2.45, 2.75) is 56.0 Å². The van der Waals surface area contributed by atoms with Gasteiger partial charge in [-0.2, -0.15) is 0 Å². The van der Waals surface area contributed by atoms with Crippen molar-refractivity contribution in [2.75, 3.05) is 12.9 Å². The predicted molar refractivity (Wildman–Crippen MR) is 69.1 cm³/mol. The van der Waals surface area contributed by atoms with Crippen LogP contribution in [0.15, 0.2) is 0 Å². The van der Waals surface area contributed by atoms with E-state index in [2.05, 4.69) is 12.8 Å². The largest absolute Gasteiger partial charge is 0.364 e. The van der Waals surface area contributed by atoms with Crippen molar-refractivity contribution in [1.29, 1.82) is 0 Å². The number of thioether (sulfide) groups is 1. The summed E-state index contributed by atoms with van der Waals surface area (Å²) in [5, 5.41) is 0. The molecule has 0 N–H and O–H groups in total. The molecule has 0 bridgehead atoms. The van der Waals surface area contributed by atoms with Gasteiger partial charge in [-0.15, -0.1) is 11.8 Å². The third kappa shape index (κ3) is 3.95.